The van der Waals surface area contributed by atoms with Gasteiger partial charge >= 0.3 is 0 Å². The number of nitrogens with zero attached hydrogens (tertiary/aromatic N) is 1. The third-order valence-electron chi connectivity index (χ3n) is 3.37. The molecule has 0 amide bonds. The lowest BCUT2D eigenvalue weighted by atomic mass is 10.1. The Balaban J connectivity index is 2.53. The molecule has 2 N–H and O–H groups in total. The Kier molecular flexibility index (Phi) is 3.02. The van der Waals surface area contributed by atoms with Gasteiger partial charge in [0, 0.05) is 24.2 Å². The molecule has 0 bridgehead atoms. The van der Waals surface area contributed by atoms with Crippen LogP contribution in [-0.2, 0) is 0 Å². The van der Waals surface area contributed by atoms with Crippen molar-refractivity contribution in [3.05, 3.63) is 33.9 Å². The molecule has 5 nitrogen and oxygen atoms in total. The smallest absolute Gasteiger partial charge is 0.292 e. The lowest BCUT2D eigenvalue weighted by Gasteiger charge is -2.20. The van der Waals surface area contributed by atoms with E-state index in [0.717, 1.165) is 5.56 Å². The summed E-state index contributed by atoms with van der Waals surface area (Å²) in [5.74, 6) is 0. The third kappa shape index (κ3) is 2.10. The second kappa shape index (κ2) is 4.33. The molecule has 1 heterocycles. The van der Waals surface area contributed by atoms with Crippen LogP contribution < -0.4 is 10.6 Å². The predicted octanol–water partition coefficient (Wildman–Crippen LogP) is 2.45. The number of anilines is 1. The molecule has 92 valence electrons. The molecule has 0 spiro atoms. The Hall–Kier alpha value is -1.62. The molecular formula is C12H17N3O2. The van der Waals surface area contributed by atoms with E-state index in [1.54, 1.807) is 12.1 Å². The van der Waals surface area contributed by atoms with Crippen molar-refractivity contribution in [2.24, 2.45) is 0 Å². The van der Waals surface area contributed by atoms with Gasteiger partial charge in [-0.25, -0.2) is 0 Å². The van der Waals surface area contributed by atoms with Crippen molar-refractivity contribution in [1.82, 2.24) is 5.32 Å². The first-order valence-corrected chi connectivity index (χ1v) is 5.80. The highest BCUT2D eigenvalue weighted by molar-refractivity contribution is 5.68. The fourth-order valence-electron chi connectivity index (χ4n) is 2.21. The Morgan fingerprint density at radius 3 is 2.59 bits per heavy atom. The van der Waals surface area contributed by atoms with E-state index in [1.165, 1.54) is 0 Å². The maximum Gasteiger partial charge on any atom is 0.292 e. The quantitative estimate of drug-likeness (QED) is 0.579. The van der Waals surface area contributed by atoms with E-state index in [-0.39, 0.29) is 28.7 Å². The largest absolute Gasteiger partial charge is 0.375 e. The van der Waals surface area contributed by atoms with Crippen LogP contribution in [0.4, 0.5) is 11.4 Å². The number of hydrogen-bond donors (Lipinski definition) is 2. The Morgan fingerprint density at radius 2 is 1.94 bits per heavy atom. The van der Waals surface area contributed by atoms with Crippen LogP contribution in [0.5, 0.6) is 0 Å². The van der Waals surface area contributed by atoms with Gasteiger partial charge in [0.25, 0.3) is 5.69 Å². The summed E-state index contributed by atoms with van der Waals surface area (Å²) in [6.07, 6.45) is 0. The number of nitro groups is 1. The second-order valence-corrected chi connectivity index (χ2v) is 4.61. The maximum atomic E-state index is 11.0. The van der Waals surface area contributed by atoms with Gasteiger partial charge in [0.2, 0.25) is 0 Å². The van der Waals surface area contributed by atoms with E-state index in [2.05, 4.69) is 17.6 Å². The topological polar surface area (TPSA) is 67.2 Å². The average Bonchev–Trinajstić information content (AvgIpc) is 2.37. The molecule has 0 fully saturated rings. The molecule has 5 heteroatoms. The van der Waals surface area contributed by atoms with Crippen molar-refractivity contribution >= 4 is 11.4 Å². The van der Waals surface area contributed by atoms with Crippen LogP contribution in [0, 0.1) is 10.1 Å². The summed E-state index contributed by atoms with van der Waals surface area (Å²) in [7, 11) is 0. The van der Waals surface area contributed by atoms with Gasteiger partial charge in [0.05, 0.1) is 4.92 Å². The summed E-state index contributed by atoms with van der Waals surface area (Å²) in [4.78, 5) is 10.7. The molecule has 2 rings (SSSR count). The predicted molar refractivity (Wildman–Crippen MR) is 67.2 cm³/mol. The molecule has 17 heavy (non-hydrogen) atoms. The molecular weight excluding hydrogens is 218 g/mol. The number of rotatable bonds is 1. The van der Waals surface area contributed by atoms with Gasteiger partial charge in [-0.2, -0.15) is 0 Å². The number of para-hydroxylation sites is 1. The van der Waals surface area contributed by atoms with Gasteiger partial charge < -0.3 is 10.6 Å². The zero-order chi connectivity index (χ0) is 12.6. The summed E-state index contributed by atoms with van der Waals surface area (Å²) in [5, 5.41) is 17.7. The summed E-state index contributed by atoms with van der Waals surface area (Å²) in [6, 6.07) is 5.73. The van der Waals surface area contributed by atoms with Crippen molar-refractivity contribution in [2.45, 2.75) is 38.9 Å². The van der Waals surface area contributed by atoms with Crippen molar-refractivity contribution < 1.29 is 4.92 Å². The first-order valence-electron chi connectivity index (χ1n) is 5.80. The van der Waals surface area contributed by atoms with Gasteiger partial charge in [-0.05, 0) is 26.3 Å². The minimum absolute atomic E-state index is 0.109. The zero-order valence-corrected chi connectivity index (χ0v) is 10.2. The maximum absolute atomic E-state index is 11.0. The highest BCUT2D eigenvalue weighted by atomic mass is 16.6. The van der Waals surface area contributed by atoms with Crippen LogP contribution in [0.15, 0.2) is 18.2 Å². The molecule has 1 aliphatic heterocycles. The number of hydrogen-bond acceptors (Lipinski definition) is 4. The van der Waals surface area contributed by atoms with Gasteiger partial charge in [-0.3, -0.25) is 10.1 Å². The molecule has 0 aliphatic carbocycles. The van der Waals surface area contributed by atoms with E-state index in [9.17, 15) is 10.1 Å². The van der Waals surface area contributed by atoms with Crippen LogP contribution in [0.2, 0.25) is 0 Å². The minimum atomic E-state index is -0.332. The average molecular weight is 235 g/mol. The highest BCUT2D eigenvalue weighted by Crippen LogP contribution is 2.35. The lowest BCUT2D eigenvalue weighted by molar-refractivity contribution is -0.384. The van der Waals surface area contributed by atoms with Crippen molar-refractivity contribution in [1.29, 1.82) is 0 Å². The van der Waals surface area contributed by atoms with E-state index in [0.29, 0.717) is 5.69 Å². The third-order valence-corrected chi connectivity index (χ3v) is 3.37. The molecule has 0 aromatic heterocycles. The molecule has 1 aromatic carbocycles. The van der Waals surface area contributed by atoms with Gasteiger partial charge in [-0.1, -0.05) is 12.1 Å². The number of benzene rings is 1. The minimum Gasteiger partial charge on any atom is -0.375 e. The van der Waals surface area contributed by atoms with Gasteiger partial charge in [0.1, 0.15) is 5.69 Å². The lowest BCUT2D eigenvalue weighted by Crippen LogP contribution is -2.38. The van der Waals surface area contributed by atoms with Crippen molar-refractivity contribution in [2.75, 3.05) is 5.32 Å². The SMILES string of the molecule is CC1NC(C)C(C)Nc2c1cccc2[N+](=O)[O-]. The highest BCUT2D eigenvalue weighted by Gasteiger charge is 2.27. The summed E-state index contributed by atoms with van der Waals surface area (Å²) in [6.45, 7) is 6.13. The fourth-order valence-corrected chi connectivity index (χ4v) is 2.21. The van der Waals surface area contributed by atoms with Gasteiger partial charge in [-0.15, -0.1) is 0 Å². The Labute approximate surface area is 100 Å². The van der Waals surface area contributed by atoms with Crippen LogP contribution in [0.3, 0.4) is 0 Å². The summed E-state index contributed by atoms with van der Waals surface area (Å²) >= 11 is 0. The van der Waals surface area contributed by atoms with Crippen LogP contribution in [-0.4, -0.2) is 17.0 Å². The number of fused-ring (bicyclic) bond motifs is 1. The van der Waals surface area contributed by atoms with Crippen LogP contribution in [0.25, 0.3) is 0 Å². The van der Waals surface area contributed by atoms with Crippen molar-refractivity contribution in [3.8, 4) is 0 Å². The second-order valence-electron chi connectivity index (χ2n) is 4.61. The standard InChI is InChI=1S/C12H17N3O2/c1-7-8(2)14-12-10(9(3)13-7)5-4-6-11(12)15(16)17/h4-9,13-14H,1-3H3. The molecule has 1 aromatic rings. The number of nitrogens with one attached hydrogen (secondary N) is 2. The van der Waals surface area contributed by atoms with Crippen LogP contribution >= 0.6 is 0 Å². The summed E-state index contributed by atoms with van der Waals surface area (Å²) in [5.41, 5.74) is 1.75. The number of nitro benzene ring substituents is 1. The van der Waals surface area contributed by atoms with E-state index in [1.807, 2.05) is 19.9 Å². The van der Waals surface area contributed by atoms with Gasteiger partial charge in [0.15, 0.2) is 0 Å². The Morgan fingerprint density at radius 1 is 1.24 bits per heavy atom. The molecule has 0 saturated heterocycles. The summed E-state index contributed by atoms with van der Waals surface area (Å²) < 4.78 is 0. The zero-order valence-electron chi connectivity index (χ0n) is 10.2. The van der Waals surface area contributed by atoms with Crippen LogP contribution in [0.1, 0.15) is 32.4 Å². The van der Waals surface area contributed by atoms with E-state index in [4.69, 9.17) is 0 Å². The normalized spacial score (nSPS) is 27.8. The molecule has 1 aliphatic rings. The van der Waals surface area contributed by atoms with E-state index >= 15 is 0 Å². The first-order chi connectivity index (χ1) is 8.00. The van der Waals surface area contributed by atoms with E-state index < -0.39 is 0 Å². The fraction of sp³-hybridized carbons (Fsp3) is 0.500. The molecule has 0 radical (unpaired) electrons. The monoisotopic (exact) mass is 235 g/mol. The van der Waals surface area contributed by atoms with Crippen molar-refractivity contribution in [3.63, 3.8) is 0 Å². The Bertz CT molecular complexity index is 447. The molecule has 3 atom stereocenters. The molecule has 0 saturated carbocycles. The molecule has 3 unspecified atom stereocenters. The first kappa shape index (κ1) is 11.9.